The second-order valence-electron chi connectivity index (χ2n) is 7.80. The number of rotatable bonds is 7. The van der Waals surface area contributed by atoms with Gasteiger partial charge in [-0.25, -0.2) is 9.18 Å². The average molecular weight is 419 g/mol. The lowest BCUT2D eigenvalue weighted by atomic mass is 9.93. The summed E-state index contributed by atoms with van der Waals surface area (Å²) in [5, 5.41) is -0.0101. The van der Waals surface area contributed by atoms with E-state index < -0.39 is 20.6 Å². The summed E-state index contributed by atoms with van der Waals surface area (Å²) in [6.07, 6.45) is 6.72. The maximum atomic E-state index is 13.5. The first kappa shape index (κ1) is 21.1. The highest BCUT2D eigenvalue weighted by Crippen LogP contribution is 2.35. The van der Waals surface area contributed by atoms with Gasteiger partial charge in [-0.05, 0) is 54.7 Å². The van der Waals surface area contributed by atoms with Crippen LogP contribution in [-0.4, -0.2) is 14.8 Å². The summed E-state index contributed by atoms with van der Waals surface area (Å²) in [7, 11) is -0.501. The molecule has 0 saturated carbocycles. The lowest BCUT2D eigenvalue weighted by Crippen LogP contribution is -2.20. The van der Waals surface area contributed by atoms with Crippen LogP contribution in [0.4, 0.5) is 4.39 Å². The van der Waals surface area contributed by atoms with Gasteiger partial charge in [-0.1, -0.05) is 68.1 Å². The van der Waals surface area contributed by atoms with Crippen molar-refractivity contribution < 1.29 is 13.9 Å². The van der Waals surface area contributed by atoms with E-state index in [9.17, 15) is 9.18 Å². The Morgan fingerprint density at radius 1 is 1.14 bits per heavy atom. The van der Waals surface area contributed by atoms with E-state index >= 15 is 0 Å². The van der Waals surface area contributed by atoms with Gasteiger partial charge < -0.3 is 4.74 Å². The zero-order chi connectivity index (χ0) is 19.9. The predicted octanol–water partition coefficient (Wildman–Crippen LogP) is 6.99. The molecule has 150 valence electrons. The summed E-state index contributed by atoms with van der Waals surface area (Å²) in [5.41, 5.74) is 1.48. The largest absolute Gasteiger partial charge is 0.423 e. The molecule has 1 aliphatic rings. The molecule has 0 radical (unpaired) electrons. The molecular weight excluding hydrogens is 391 g/mol. The number of ether oxygens (including phenoxy) is 1. The van der Waals surface area contributed by atoms with Gasteiger partial charge in [0.15, 0.2) is 0 Å². The molecule has 2 aromatic carbocycles. The molecule has 0 N–H and O–H groups in total. The minimum atomic E-state index is -0.625. The van der Waals surface area contributed by atoms with Gasteiger partial charge in [-0.3, -0.25) is 0 Å². The Morgan fingerprint density at radius 3 is 2.50 bits per heavy atom. The third kappa shape index (κ3) is 5.68. The summed E-state index contributed by atoms with van der Waals surface area (Å²) in [4.78, 5) is 12.2. The molecule has 0 atom stereocenters. The van der Waals surface area contributed by atoms with Gasteiger partial charge in [0.2, 0.25) is 0 Å². The summed E-state index contributed by atoms with van der Waals surface area (Å²) >= 11 is 5.65. The molecule has 1 fully saturated rings. The van der Waals surface area contributed by atoms with Crippen LogP contribution >= 0.6 is 11.6 Å². The van der Waals surface area contributed by atoms with Crippen molar-refractivity contribution in [2.24, 2.45) is 0 Å². The van der Waals surface area contributed by atoms with E-state index in [2.05, 4.69) is 19.1 Å². The average Bonchev–Trinajstić information content (AvgIpc) is 2.71. The lowest BCUT2D eigenvalue weighted by Gasteiger charge is -2.28. The summed E-state index contributed by atoms with van der Waals surface area (Å²) in [5.74, 6) is -0.0982. The van der Waals surface area contributed by atoms with Crippen molar-refractivity contribution in [1.82, 2.24) is 0 Å². The molecule has 1 aliphatic heterocycles. The van der Waals surface area contributed by atoms with Gasteiger partial charge in [0.1, 0.15) is 11.6 Å². The van der Waals surface area contributed by atoms with E-state index in [-0.39, 0.29) is 10.6 Å². The Hall–Kier alpha value is -1.65. The van der Waals surface area contributed by atoms with Gasteiger partial charge in [0.25, 0.3) is 0 Å². The predicted molar refractivity (Wildman–Crippen MR) is 116 cm³/mol. The molecule has 0 unspecified atom stereocenters. The minimum Gasteiger partial charge on any atom is -0.423 e. The highest BCUT2D eigenvalue weighted by molar-refractivity contribution is 6.59. The van der Waals surface area contributed by atoms with Crippen LogP contribution < -0.4 is 4.74 Å². The normalized spacial score (nSPS) is 19.4. The fourth-order valence-corrected chi connectivity index (χ4v) is 7.66. The highest BCUT2D eigenvalue weighted by Gasteiger charge is 2.23. The van der Waals surface area contributed by atoms with Crippen LogP contribution in [0.15, 0.2) is 42.5 Å². The Labute approximate surface area is 173 Å². The number of halogens is 2. The summed E-state index contributed by atoms with van der Waals surface area (Å²) in [6, 6.07) is 16.1. The van der Waals surface area contributed by atoms with Crippen molar-refractivity contribution in [3.8, 4) is 5.75 Å². The van der Waals surface area contributed by atoms with E-state index in [4.69, 9.17) is 16.3 Å². The second kappa shape index (κ2) is 10.2. The minimum absolute atomic E-state index is 0.0101. The maximum absolute atomic E-state index is 13.5. The molecule has 1 saturated heterocycles. The number of carbonyl (C=O) groups is 1. The smallest absolute Gasteiger partial charge is 0.343 e. The lowest BCUT2D eigenvalue weighted by molar-refractivity contribution is 0.0734. The van der Waals surface area contributed by atoms with E-state index in [1.807, 2.05) is 12.1 Å². The van der Waals surface area contributed by atoms with Crippen molar-refractivity contribution in [2.45, 2.75) is 63.1 Å². The van der Waals surface area contributed by atoms with Crippen LogP contribution in [-0.2, 0) is 0 Å². The third-order valence-corrected chi connectivity index (χ3v) is 9.61. The zero-order valence-electron chi connectivity index (χ0n) is 16.4. The van der Waals surface area contributed by atoms with Crippen LogP contribution in [0.5, 0.6) is 5.75 Å². The van der Waals surface area contributed by atoms with Crippen LogP contribution in [0.25, 0.3) is 0 Å². The van der Waals surface area contributed by atoms with Crippen molar-refractivity contribution in [3.63, 3.8) is 0 Å². The van der Waals surface area contributed by atoms with Crippen molar-refractivity contribution in [2.75, 3.05) is 0 Å². The highest BCUT2D eigenvalue weighted by atomic mass is 35.5. The van der Waals surface area contributed by atoms with E-state index in [0.717, 1.165) is 6.07 Å². The molecule has 5 heteroatoms. The van der Waals surface area contributed by atoms with Crippen LogP contribution in [0.3, 0.4) is 0 Å². The van der Waals surface area contributed by atoms with Gasteiger partial charge in [-0.15, -0.1) is 0 Å². The van der Waals surface area contributed by atoms with Crippen molar-refractivity contribution >= 4 is 26.4 Å². The first-order valence-corrected chi connectivity index (χ1v) is 13.2. The molecular formula is C23H28ClFO2Si. The van der Waals surface area contributed by atoms with Crippen molar-refractivity contribution in [1.29, 1.82) is 0 Å². The van der Waals surface area contributed by atoms with Crippen LogP contribution in [0.1, 0.15) is 60.9 Å². The number of esters is 1. The monoisotopic (exact) mass is 418 g/mol. The molecule has 2 nitrogen and oxygen atoms in total. The molecule has 0 bridgehead atoms. The quantitative estimate of drug-likeness (QED) is 0.209. The Morgan fingerprint density at radius 2 is 1.86 bits per heavy atom. The molecule has 0 amide bonds. The Balaban J connectivity index is 1.52. The number of hydrogen-bond acceptors (Lipinski definition) is 2. The van der Waals surface area contributed by atoms with E-state index in [1.165, 1.54) is 67.9 Å². The standard InChI is InChI=1S/C23H28ClFO2Si/c1-2-3-4-13-28-14-11-18(12-15-28)17-5-8-20(9-6-17)27-23(26)19-7-10-21(24)22(25)16-19/h5-10,16,18,28H,2-4,11-15H2,1H3/t18-,28-. The third-order valence-electron chi connectivity index (χ3n) is 5.78. The Kier molecular flexibility index (Phi) is 7.69. The Bertz CT molecular complexity index is 786. The fraction of sp³-hybridized carbons (Fsp3) is 0.435. The number of carbonyl (C=O) groups excluding carboxylic acids is 1. The van der Waals surface area contributed by atoms with Crippen molar-refractivity contribution in [3.05, 3.63) is 64.4 Å². The molecule has 3 rings (SSSR count). The molecule has 0 aliphatic carbocycles. The molecule has 0 aromatic heterocycles. The van der Waals surface area contributed by atoms with Crippen LogP contribution in [0.2, 0.25) is 23.2 Å². The summed E-state index contributed by atoms with van der Waals surface area (Å²) < 4.78 is 18.9. The van der Waals surface area contributed by atoms with Gasteiger partial charge >= 0.3 is 5.97 Å². The number of hydrogen-bond donors (Lipinski definition) is 0. The molecule has 1 heterocycles. The zero-order valence-corrected chi connectivity index (χ0v) is 18.3. The first-order valence-electron chi connectivity index (χ1n) is 10.3. The first-order chi connectivity index (χ1) is 13.6. The molecule has 28 heavy (non-hydrogen) atoms. The van der Waals surface area contributed by atoms with Crippen LogP contribution in [0, 0.1) is 5.82 Å². The van der Waals surface area contributed by atoms with Gasteiger partial charge in [0, 0.05) is 8.80 Å². The number of unbranched alkanes of at least 4 members (excludes halogenated alkanes) is 2. The fourth-order valence-electron chi connectivity index (χ4n) is 4.06. The molecule has 0 spiro atoms. The number of benzene rings is 2. The van der Waals surface area contributed by atoms with E-state index in [0.29, 0.717) is 11.7 Å². The topological polar surface area (TPSA) is 26.3 Å². The van der Waals surface area contributed by atoms with Gasteiger partial charge in [-0.2, -0.15) is 0 Å². The summed E-state index contributed by atoms with van der Waals surface area (Å²) in [6.45, 7) is 2.27. The van der Waals surface area contributed by atoms with E-state index in [1.54, 1.807) is 0 Å². The maximum Gasteiger partial charge on any atom is 0.343 e. The van der Waals surface area contributed by atoms with Gasteiger partial charge in [0.05, 0.1) is 10.6 Å². The SMILES string of the molecule is CCCCC[Si@H]1CC[C@H](c2ccc(OC(=O)c3ccc(Cl)c(F)c3)cc2)CC1. The second-order valence-corrected chi connectivity index (χ2v) is 11.7. The molecule has 2 aromatic rings.